The van der Waals surface area contributed by atoms with E-state index in [0.717, 1.165) is 6.42 Å². The number of thioether (sulfide) groups is 1. The molecule has 3 aliphatic heterocycles. The molecule has 3 heterocycles. The number of rotatable bonds is 2. The lowest BCUT2D eigenvalue weighted by Crippen LogP contribution is -2.41. The summed E-state index contributed by atoms with van der Waals surface area (Å²) >= 11 is 1.80. The van der Waals surface area contributed by atoms with Crippen LogP contribution in [0.2, 0.25) is 0 Å². The first-order chi connectivity index (χ1) is 8.86. The second-order valence-corrected chi connectivity index (χ2v) is 7.82. The summed E-state index contributed by atoms with van der Waals surface area (Å²) in [5.41, 5.74) is -0.476. The number of carbonyl (C=O) groups is 2. The highest BCUT2D eigenvalue weighted by Gasteiger charge is 2.60. The van der Waals surface area contributed by atoms with Crippen molar-refractivity contribution < 1.29 is 23.8 Å². The lowest BCUT2D eigenvalue weighted by Gasteiger charge is -2.27. The van der Waals surface area contributed by atoms with E-state index in [1.54, 1.807) is 11.8 Å². The fourth-order valence-corrected chi connectivity index (χ4v) is 4.75. The summed E-state index contributed by atoms with van der Waals surface area (Å²) in [6.45, 7) is 5.93. The Kier molecular flexibility index (Phi) is 2.96. The van der Waals surface area contributed by atoms with Gasteiger partial charge in [0, 0.05) is 11.2 Å². The zero-order chi connectivity index (χ0) is 13.8. The van der Waals surface area contributed by atoms with Crippen molar-refractivity contribution in [3.8, 4) is 0 Å². The molecular weight excluding hydrogens is 268 g/mol. The molecule has 0 aromatic carbocycles. The molecule has 106 valence electrons. The van der Waals surface area contributed by atoms with Crippen LogP contribution in [0.3, 0.4) is 0 Å². The van der Waals surface area contributed by atoms with Gasteiger partial charge in [-0.2, -0.15) is 0 Å². The Balaban J connectivity index is 1.58. The van der Waals surface area contributed by atoms with Gasteiger partial charge in [0.1, 0.15) is 0 Å². The molecule has 3 aliphatic rings. The molecule has 0 amide bonds. The highest BCUT2D eigenvalue weighted by Crippen LogP contribution is 2.53. The summed E-state index contributed by atoms with van der Waals surface area (Å²) in [6.07, 6.45) is 0.106. The Morgan fingerprint density at radius 1 is 1.37 bits per heavy atom. The third-order valence-electron chi connectivity index (χ3n) is 3.85. The molecule has 0 aromatic heterocycles. The van der Waals surface area contributed by atoms with Crippen LogP contribution >= 0.6 is 11.8 Å². The van der Waals surface area contributed by atoms with Gasteiger partial charge in [0.2, 0.25) is 0 Å². The van der Waals surface area contributed by atoms with Crippen LogP contribution in [0.1, 0.15) is 27.2 Å². The molecule has 3 rings (SSSR count). The Morgan fingerprint density at radius 3 is 2.74 bits per heavy atom. The quantitative estimate of drug-likeness (QED) is 0.723. The lowest BCUT2D eigenvalue weighted by atomic mass is 9.86. The topological polar surface area (TPSA) is 61.8 Å². The predicted octanol–water partition coefficient (Wildman–Crippen LogP) is 1.98. The van der Waals surface area contributed by atoms with Crippen molar-refractivity contribution in [2.24, 2.45) is 11.3 Å². The van der Waals surface area contributed by atoms with Gasteiger partial charge in [0.05, 0.1) is 17.3 Å². The molecule has 3 fully saturated rings. The van der Waals surface area contributed by atoms with E-state index in [1.807, 2.05) is 20.8 Å². The molecule has 0 spiro atoms. The highest BCUT2D eigenvalue weighted by atomic mass is 32.2. The lowest BCUT2D eigenvalue weighted by molar-refractivity contribution is -0.154. The highest BCUT2D eigenvalue weighted by molar-refractivity contribution is 8.01. The van der Waals surface area contributed by atoms with Crippen LogP contribution in [0.4, 0.5) is 4.79 Å². The second kappa shape index (κ2) is 4.30. The fraction of sp³-hybridized carbons (Fsp3) is 0.846. The van der Waals surface area contributed by atoms with Crippen LogP contribution in [0.15, 0.2) is 0 Å². The van der Waals surface area contributed by atoms with Gasteiger partial charge in [-0.1, -0.05) is 0 Å². The fourth-order valence-electron chi connectivity index (χ4n) is 2.85. The van der Waals surface area contributed by atoms with Gasteiger partial charge >= 0.3 is 12.1 Å². The number of hydrogen-bond acceptors (Lipinski definition) is 6. The van der Waals surface area contributed by atoms with Gasteiger partial charge in [-0.25, -0.2) is 4.79 Å². The largest absolute Gasteiger partial charge is 0.509 e. The first-order valence-corrected chi connectivity index (χ1v) is 7.50. The van der Waals surface area contributed by atoms with Crippen molar-refractivity contribution in [2.75, 3.05) is 6.61 Å². The molecule has 0 radical (unpaired) electrons. The number of esters is 1. The Labute approximate surface area is 116 Å². The van der Waals surface area contributed by atoms with E-state index < -0.39 is 11.6 Å². The average molecular weight is 286 g/mol. The van der Waals surface area contributed by atoms with Crippen LogP contribution < -0.4 is 0 Å². The SMILES string of the molecule is CC(C)(C)C(=O)OCC1CC2SC1C1OC(=O)OC21. The van der Waals surface area contributed by atoms with Crippen LogP contribution in [0, 0.1) is 11.3 Å². The van der Waals surface area contributed by atoms with E-state index in [1.165, 1.54) is 0 Å². The van der Waals surface area contributed by atoms with Crippen LogP contribution in [-0.2, 0) is 19.0 Å². The van der Waals surface area contributed by atoms with Crippen molar-refractivity contribution in [1.29, 1.82) is 0 Å². The van der Waals surface area contributed by atoms with Crippen LogP contribution in [-0.4, -0.2) is 41.4 Å². The molecule has 5 atom stereocenters. The monoisotopic (exact) mass is 286 g/mol. The van der Waals surface area contributed by atoms with Crippen molar-refractivity contribution in [2.45, 2.75) is 49.9 Å². The summed E-state index contributed by atoms with van der Waals surface area (Å²) in [5, 5.41) is 0.494. The molecule has 19 heavy (non-hydrogen) atoms. The van der Waals surface area contributed by atoms with Crippen molar-refractivity contribution >= 4 is 23.9 Å². The number of fused-ring (bicyclic) bond motifs is 5. The molecule has 0 aliphatic carbocycles. The van der Waals surface area contributed by atoms with Gasteiger partial charge in [-0.3, -0.25) is 4.79 Å². The standard InChI is InChI=1S/C13H18O5S/c1-13(2,3)11(14)16-5-6-4-7-8-9(10(6)19-7)18-12(15)17-8/h6-10H,4-5H2,1-3H3. The van der Waals surface area contributed by atoms with Crippen molar-refractivity contribution in [3.05, 3.63) is 0 Å². The minimum Gasteiger partial charge on any atom is -0.465 e. The maximum absolute atomic E-state index is 11.8. The summed E-state index contributed by atoms with van der Waals surface area (Å²) < 4.78 is 15.7. The van der Waals surface area contributed by atoms with E-state index in [-0.39, 0.29) is 29.3 Å². The zero-order valence-corrected chi connectivity index (χ0v) is 12.1. The summed E-state index contributed by atoms with van der Waals surface area (Å²) in [4.78, 5) is 22.9. The van der Waals surface area contributed by atoms with E-state index in [9.17, 15) is 9.59 Å². The van der Waals surface area contributed by atoms with Crippen molar-refractivity contribution in [3.63, 3.8) is 0 Å². The molecule has 0 aromatic rings. The molecule has 2 bridgehead atoms. The van der Waals surface area contributed by atoms with E-state index in [2.05, 4.69) is 0 Å². The normalized spacial score (nSPS) is 39.7. The molecule has 5 nitrogen and oxygen atoms in total. The van der Waals surface area contributed by atoms with Gasteiger partial charge < -0.3 is 14.2 Å². The van der Waals surface area contributed by atoms with E-state index in [0.29, 0.717) is 11.9 Å². The van der Waals surface area contributed by atoms with Crippen LogP contribution in [0.25, 0.3) is 0 Å². The maximum atomic E-state index is 11.8. The first-order valence-electron chi connectivity index (χ1n) is 6.56. The second-order valence-electron chi connectivity index (χ2n) is 6.40. The summed E-state index contributed by atoms with van der Waals surface area (Å²) in [5.74, 6) is 0.0774. The van der Waals surface area contributed by atoms with Crippen molar-refractivity contribution in [1.82, 2.24) is 0 Å². The van der Waals surface area contributed by atoms with Gasteiger partial charge in [0.25, 0.3) is 0 Å². The minimum atomic E-state index is -0.558. The third kappa shape index (κ3) is 2.20. The number of ether oxygens (including phenoxy) is 3. The average Bonchev–Trinajstić information content (AvgIpc) is 2.93. The number of hydrogen-bond donors (Lipinski definition) is 0. The zero-order valence-electron chi connectivity index (χ0n) is 11.3. The van der Waals surface area contributed by atoms with E-state index >= 15 is 0 Å². The molecule has 0 saturated carbocycles. The molecule has 6 heteroatoms. The predicted molar refractivity (Wildman–Crippen MR) is 68.8 cm³/mol. The van der Waals surface area contributed by atoms with Gasteiger partial charge in [-0.15, -0.1) is 11.8 Å². The Morgan fingerprint density at radius 2 is 2.05 bits per heavy atom. The minimum absolute atomic E-state index is 0.0999. The maximum Gasteiger partial charge on any atom is 0.509 e. The van der Waals surface area contributed by atoms with Crippen LogP contribution in [0.5, 0.6) is 0 Å². The van der Waals surface area contributed by atoms with E-state index in [4.69, 9.17) is 14.2 Å². The first kappa shape index (κ1) is 13.1. The molecule has 0 N–H and O–H groups in total. The number of carbonyl (C=O) groups excluding carboxylic acids is 2. The van der Waals surface area contributed by atoms with Gasteiger partial charge in [0.15, 0.2) is 12.2 Å². The van der Waals surface area contributed by atoms with Gasteiger partial charge in [-0.05, 0) is 27.2 Å². The molecular formula is C13H18O5S. The Hall–Kier alpha value is -0.910. The third-order valence-corrected chi connectivity index (χ3v) is 5.63. The summed E-state index contributed by atoms with van der Waals surface area (Å²) in [6, 6.07) is 0. The molecule has 5 unspecified atom stereocenters. The smallest absolute Gasteiger partial charge is 0.465 e. The Bertz CT molecular complexity index is 416. The summed E-state index contributed by atoms with van der Waals surface area (Å²) in [7, 11) is 0. The molecule has 3 saturated heterocycles.